The first-order valence-corrected chi connectivity index (χ1v) is 8.28. The van der Waals surface area contributed by atoms with Gasteiger partial charge in [0.1, 0.15) is 4.90 Å². The van der Waals surface area contributed by atoms with E-state index in [2.05, 4.69) is 10.0 Å². The number of sulfonamides is 1. The monoisotopic (exact) mass is 327 g/mol. The van der Waals surface area contributed by atoms with Gasteiger partial charge in [0, 0.05) is 30.5 Å². The highest BCUT2D eigenvalue weighted by Gasteiger charge is 2.18. The Morgan fingerprint density at radius 2 is 2.00 bits per heavy atom. The van der Waals surface area contributed by atoms with Crippen LogP contribution < -0.4 is 10.0 Å². The number of aryl methyl sites for hydroxylation is 2. The van der Waals surface area contributed by atoms with E-state index in [0.717, 1.165) is 11.3 Å². The van der Waals surface area contributed by atoms with E-state index < -0.39 is 10.0 Å². The predicted octanol–water partition coefficient (Wildman–Crippen LogP) is 2.51. The number of aromatic nitrogens is 1. The number of benzene rings is 1. The Kier molecular flexibility index (Phi) is 4.61. The molecule has 0 aliphatic carbocycles. The highest BCUT2D eigenvalue weighted by Crippen LogP contribution is 2.24. The average molecular weight is 328 g/mol. The molecule has 0 fully saturated rings. The smallest absolute Gasteiger partial charge is 0.263 e. The van der Waals surface area contributed by atoms with Crippen LogP contribution in [0.4, 0.5) is 5.69 Å². The summed E-state index contributed by atoms with van der Waals surface area (Å²) in [6, 6.07) is 6.75. The van der Waals surface area contributed by atoms with Gasteiger partial charge in [-0.1, -0.05) is 17.7 Å². The summed E-state index contributed by atoms with van der Waals surface area (Å²) in [5.74, 6) is 0. The van der Waals surface area contributed by atoms with E-state index in [1.165, 1.54) is 0 Å². The number of halogens is 1. The maximum absolute atomic E-state index is 12.4. The molecular formula is C14H18ClN3O2S. The molecule has 21 heavy (non-hydrogen) atoms. The van der Waals surface area contributed by atoms with Gasteiger partial charge in [0.2, 0.25) is 0 Å². The Balaban J connectivity index is 2.34. The quantitative estimate of drug-likeness (QED) is 0.887. The minimum Gasteiger partial charge on any atom is -0.352 e. The van der Waals surface area contributed by atoms with Gasteiger partial charge >= 0.3 is 0 Å². The lowest BCUT2D eigenvalue weighted by atomic mass is 10.2. The van der Waals surface area contributed by atoms with E-state index in [9.17, 15) is 8.42 Å². The highest BCUT2D eigenvalue weighted by molar-refractivity contribution is 7.92. The van der Waals surface area contributed by atoms with Crippen molar-refractivity contribution in [3.05, 3.63) is 46.7 Å². The van der Waals surface area contributed by atoms with Crippen LogP contribution in [0.2, 0.25) is 5.02 Å². The Morgan fingerprint density at radius 3 is 2.67 bits per heavy atom. The maximum atomic E-state index is 12.4. The number of hydrogen-bond acceptors (Lipinski definition) is 3. The Morgan fingerprint density at radius 1 is 1.29 bits per heavy atom. The van der Waals surface area contributed by atoms with Crippen LogP contribution in [0.15, 0.2) is 35.4 Å². The molecule has 0 spiro atoms. The summed E-state index contributed by atoms with van der Waals surface area (Å²) in [7, 11) is 0.000215. The molecular weight excluding hydrogens is 310 g/mol. The van der Waals surface area contributed by atoms with Crippen LogP contribution in [0, 0.1) is 6.92 Å². The third kappa shape index (κ3) is 3.58. The largest absolute Gasteiger partial charge is 0.352 e. The highest BCUT2D eigenvalue weighted by atomic mass is 35.5. The number of rotatable bonds is 5. The van der Waals surface area contributed by atoms with Gasteiger partial charge in [-0.25, -0.2) is 8.42 Å². The van der Waals surface area contributed by atoms with Crippen LogP contribution in [0.3, 0.4) is 0 Å². The second-order valence-electron chi connectivity index (χ2n) is 4.87. The molecule has 0 unspecified atom stereocenters. The summed E-state index contributed by atoms with van der Waals surface area (Å²) < 4.78 is 29.3. The van der Waals surface area contributed by atoms with Gasteiger partial charge in [0.15, 0.2) is 0 Å². The summed E-state index contributed by atoms with van der Waals surface area (Å²) in [5, 5.41) is 3.49. The van der Waals surface area contributed by atoms with Crippen molar-refractivity contribution in [2.24, 2.45) is 7.05 Å². The first kappa shape index (κ1) is 15.9. The van der Waals surface area contributed by atoms with E-state index in [1.54, 1.807) is 35.0 Å². The Bertz CT molecular complexity index is 754. The molecule has 0 bridgehead atoms. The lowest BCUT2D eigenvalue weighted by Crippen LogP contribution is -2.13. The second-order valence-corrected chi connectivity index (χ2v) is 6.99. The van der Waals surface area contributed by atoms with Crippen LogP contribution in [-0.4, -0.2) is 20.0 Å². The SMILES string of the molecule is CNCc1cc(S(=O)(=O)Nc2cc(Cl)ccc2C)cn1C. The molecule has 1 heterocycles. The normalized spacial score (nSPS) is 11.6. The molecule has 114 valence electrons. The minimum atomic E-state index is -3.63. The van der Waals surface area contributed by atoms with Crippen molar-refractivity contribution in [3.8, 4) is 0 Å². The van der Waals surface area contributed by atoms with Gasteiger partial charge in [0.25, 0.3) is 10.0 Å². The van der Waals surface area contributed by atoms with Crippen LogP contribution >= 0.6 is 11.6 Å². The molecule has 1 aromatic carbocycles. The van der Waals surface area contributed by atoms with Gasteiger partial charge < -0.3 is 9.88 Å². The van der Waals surface area contributed by atoms with Crippen molar-refractivity contribution < 1.29 is 8.42 Å². The van der Waals surface area contributed by atoms with E-state index in [1.807, 2.05) is 21.0 Å². The molecule has 0 atom stereocenters. The molecule has 5 nitrogen and oxygen atoms in total. The molecule has 0 saturated carbocycles. The minimum absolute atomic E-state index is 0.231. The zero-order valence-electron chi connectivity index (χ0n) is 12.1. The fraction of sp³-hybridized carbons (Fsp3) is 0.286. The van der Waals surface area contributed by atoms with Crippen LogP contribution in [0.5, 0.6) is 0 Å². The summed E-state index contributed by atoms with van der Waals surface area (Å²) >= 11 is 5.92. The van der Waals surface area contributed by atoms with Gasteiger partial charge in [-0.3, -0.25) is 4.72 Å². The third-order valence-corrected chi connectivity index (χ3v) is 4.76. The number of nitrogens with one attached hydrogen (secondary N) is 2. The summed E-state index contributed by atoms with van der Waals surface area (Å²) in [4.78, 5) is 0.231. The fourth-order valence-electron chi connectivity index (χ4n) is 1.99. The fourth-order valence-corrected chi connectivity index (χ4v) is 3.38. The topological polar surface area (TPSA) is 63.1 Å². The van der Waals surface area contributed by atoms with Gasteiger partial charge in [0.05, 0.1) is 5.69 Å². The lowest BCUT2D eigenvalue weighted by molar-refractivity contribution is 0.601. The van der Waals surface area contributed by atoms with Gasteiger partial charge in [-0.05, 0) is 37.7 Å². The molecule has 0 radical (unpaired) electrons. The van der Waals surface area contributed by atoms with Crippen molar-refractivity contribution in [3.63, 3.8) is 0 Å². The molecule has 2 aromatic rings. The molecule has 0 aliphatic heterocycles. The molecule has 0 amide bonds. The third-order valence-electron chi connectivity index (χ3n) is 3.19. The number of hydrogen-bond donors (Lipinski definition) is 2. The summed E-state index contributed by atoms with van der Waals surface area (Å²) in [6.45, 7) is 2.42. The van der Waals surface area contributed by atoms with Gasteiger partial charge in [-0.15, -0.1) is 0 Å². The van der Waals surface area contributed by atoms with E-state index in [-0.39, 0.29) is 4.90 Å². The molecule has 7 heteroatoms. The first-order valence-electron chi connectivity index (χ1n) is 6.42. The lowest BCUT2D eigenvalue weighted by Gasteiger charge is -2.09. The average Bonchev–Trinajstić information content (AvgIpc) is 2.77. The van der Waals surface area contributed by atoms with Gasteiger partial charge in [-0.2, -0.15) is 0 Å². The standard InChI is InChI=1S/C14H18ClN3O2S/c1-10-4-5-11(15)6-14(10)17-21(19,20)13-7-12(8-16-2)18(3)9-13/h4-7,9,16-17H,8H2,1-3H3. The van der Waals surface area contributed by atoms with Crippen LogP contribution in [0.1, 0.15) is 11.3 Å². The van der Waals surface area contributed by atoms with E-state index in [4.69, 9.17) is 11.6 Å². The molecule has 2 N–H and O–H groups in total. The van der Waals surface area contributed by atoms with E-state index in [0.29, 0.717) is 17.3 Å². The molecule has 0 aliphatic rings. The van der Waals surface area contributed by atoms with Crippen molar-refractivity contribution in [2.75, 3.05) is 11.8 Å². The molecule has 2 rings (SSSR count). The Hall–Kier alpha value is -1.50. The van der Waals surface area contributed by atoms with Crippen LogP contribution in [-0.2, 0) is 23.6 Å². The number of anilines is 1. The number of nitrogens with zero attached hydrogens (tertiary/aromatic N) is 1. The molecule has 1 aromatic heterocycles. The zero-order chi connectivity index (χ0) is 15.6. The van der Waals surface area contributed by atoms with E-state index >= 15 is 0 Å². The predicted molar refractivity (Wildman–Crippen MR) is 85.2 cm³/mol. The zero-order valence-corrected chi connectivity index (χ0v) is 13.7. The second kappa shape index (κ2) is 6.09. The summed E-state index contributed by atoms with van der Waals surface area (Å²) in [5.41, 5.74) is 2.19. The van der Waals surface area contributed by atoms with Crippen molar-refractivity contribution in [1.29, 1.82) is 0 Å². The maximum Gasteiger partial charge on any atom is 0.263 e. The van der Waals surface area contributed by atoms with Crippen molar-refractivity contribution in [1.82, 2.24) is 9.88 Å². The summed E-state index contributed by atoms with van der Waals surface area (Å²) in [6.07, 6.45) is 1.59. The Labute approximate surface area is 130 Å². The van der Waals surface area contributed by atoms with Crippen molar-refractivity contribution in [2.45, 2.75) is 18.4 Å². The van der Waals surface area contributed by atoms with Crippen LogP contribution in [0.25, 0.3) is 0 Å². The first-order chi connectivity index (χ1) is 9.83. The van der Waals surface area contributed by atoms with Crippen molar-refractivity contribution >= 4 is 27.3 Å². The molecule has 0 saturated heterocycles.